The number of furan rings is 1. The van der Waals surface area contributed by atoms with Crippen molar-refractivity contribution in [2.75, 3.05) is 12.4 Å². The van der Waals surface area contributed by atoms with Crippen molar-refractivity contribution in [3.8, 4) is 5.75 Å². The molecule has 1 aromatic heterocycles. The number of nitrogens with zero attached hydrogens (tertiary/aromatic N) is 1. The third kappa shape index (κ3) is 4.93. The number of urea groups is 1. The van der Waals surface area contributed by atoms with Crippen LogP contribution in [0.1, 0.15) is 57.5 Å². The van der Waals surface area contributed by atoms with E-state index in [1.807, 2.05) is 37.3 Å². The van der Waals surface area contributed by atoms with Gasteiger partial charge in [0.15, 0.2) is 5.78 Å². The third-order valence-corrected chi connectivity index (χ3v) is 8.23. The summed E-state index contributed by atoms with van der Waals surface area (Å²) in [6, 6.07) is 23.5. The number of hydrogen-bond acceptors (Lipinski definition) is 5. The van der Waals surface area contributed by atoms with Crippen LogP contribution in [-0.4, -0.2) is 40.4 Å². The number of amides is 2. The number of methoxy groups -OCH3 is 1. The molecule has 2 amide bonds. The summed E-state index contributed by atoms with van der Waals surface area (Å²) >= 11 is 0. The molecule has 0 spiro atoms. The van der Waals surface area contributed by atoms with E-state index in [1.54, 1.807) is 75.6 Å². The fourth-order valence-electron chi connectivity index (χ4n) is 6.31. The van der Waals surface area contributed by atoms with Gasteiger partial charge in [0.2, 0.25) is 0 Å². The number of rotatable bonds is 7. The molecule has 42 heavy (non-hydrogen) atoms. The highest BCUT2D eigenvalue weighted by Crippen LogP contribution is 2.57. The Bertz CT molecular complexity index is 1630. The molecule has 5 rings (SSSR count). The van der Waals surface area contributed by atoms with E-state index < -0.39 is 35.4 Å². The second-order valence-electron chi connectivity index (χ2n) is 10.9. The molecule has 1 aliphatic heterocycles. The summed E-state index contributed by atoms with van der Waals surface area (Å²) in [6.45, 7) is 6.93. The van der Waals surface area contributed by atoms with Crippen molar-refractivity contribution < 1.29 is 28.6 Å². The van der Waals surface area contributed by atoms with Crippen LogP contribution in [0.2, 0.25) is 0 Å². The highest BCUT2D eigenvalue weighted by molar-refractivity contribution is 6.04. The van der Waals surface area contributed by atoms with E-state index >= 15 is 0 Å². The molecule has 0 bridgehead atoms. The number of aryl methyl sites for hydroxylation is 3. The van der Waals surface area contributed by atoms with Gasteiger partial charge in [0.25, 0.3) is 0 Å². The number of carboxylic acid groups (broad SMARTS) is 1. The standard InChI is InChI=1S/C34H34N2O6/c1-20-10-9-11-24(18-20)30-28(31(37)27-19-21(2)42-22(27)3)29(23-14-16-26(41-5)17-15-23)34(4,32(38)39)36(30)33(40)35-25-12-7-6-8-13-25/h6-19,28-30H,1-5H3,(H,35,40)(H,38,39). The van der Waals surface area contributed by atoms with Crippen LogP contribution in [0.15, 0.2) is 89.3 Å². The van der Waals surface area contributed by atoms with Crippen LogP contribution >= 0.6 is 0 Å². The number of carbonyl (C=O) groups excluding carboxylic acids is 2. The summed E-state index contributed by atoms with van der Waals surface area (Å²) in [5, 5.41) is 13.8. The molecule has 0 aliphatic carbocycles. The lowest BCUT2D eigenvalue weighted by Crippen LogP contribution is -2.55. The second-order valence-corrected chi connectivity index (χ2v) is 10.9. The number of hydrogen-bond donors (Lipinski definition) is 2. The number of anilines is 1. The number of Topliss-reactive ketones (excluding diaryl/α,β-unsaturated/α-hetero) is 1. The summed E-state index contributed by atoms with van der Waals surface area (Å²) in [5.41, 5.74) is 1.24. The van der Waals surface area contributed by atoms with Crippen molar-refractivity contribution in [3.63, 3.8) is 0 Å². The van der Waals surface area contributed by atoms with Gasteiger partial charge in [0.05, 0.1) is 24.6 Å². The zero-order valence-corrected chi connectivity index (χ0v) is 24.3. The molecule has 1 fully saturated rings. The monoisotopic (exact) mass is 566 g/mol. The zero-order valence-electron chi connectivity index (χ0n) is 24.3. The van der Waals surface area contributed by atoms with Crippen LogP contribution < -0.4 is 10.1 Å². The predicted molar refractivity (Wildman–Crippen MR) is 159 cm³/mol. The van der Waals surface area contributed by atoms with E-state index in [0.717, 1.165) is 5.56 Å². The molecule has 1 aliphatic rings. The molecule has 216 valence electrons. The lowest BCUT2D eigenvalue weighted by Gasteiger charge is -2.37. The fourth-order valence-corrected chi connectivity index (χ4v) is 6.31. The maximum absolute atomic E-state index is 14.7. The Labute approximate surface area is 244 Å². The molecule has 0 radical (unpaired) electrons. The van der Waals surface area contributed by atoms with Gasteiger partial charge >= 0.3 is 12.0 Å². The minimum Gasteiger partial charge on any atom is -0.497 e. The van der Waals surface area contributed by atoms with Crippen molar-refractivity contribution in [1.82, 2.24) is 4.90 Å². The van der Waals surface area contributed by atoms with E-state index in [1.165, 1.54) is 11.8 Å². The highest BCUT2D eigenvalue weighted by Gasteiger charge is 2.65. The lowest BCUT2D eigenvalue weighted by molar-refractivity contribution is -0.148. The van der Waals surface area contributed by atoms with Crippen molar-refractivity contribution in [1.29, 1.82) is 0 Å². The average Bonchev–Trinajstić information content (AvgIpc) is 3.46. The number of carbonyl (C=O) groups is 3. The topological polar surface area (TPSA) is 109 Å². The maximum Gasteiger partial charge on any atom is 0.330 e. The Hall–Kier alpha value is -4.85. The molecule has 8 heteroatoms. The van der Waals surface area contributed by atoms with Gasteiger partial charge in [0.1, 0.15) is 22.8 Å². The first-order valence-electron chi connectivity index (χ1n) is 13.8. The Morgan fingerprint density at radius 2 is 1.60 bits per heavy atom. The molecular weight excluding hydrogens is 532 g/mol. The predicted octanol–water partition coefficient (Wildman–Crippen LogP) is 6.93. The lowest BCUT2D eigenvalue weighted by atomic mass is 9.71. The van der Waals surface area contributed by atoms with E-state index in [-0.39, 0.29) is 5.78 Å². The largest absolute Gasteiger partial charge is 0.497 e. The van der Waals surface area contributed by atoms with Crippen LogP contribution in [-0.2, 0) is 4.79 Å². The quantitative estimate of drug-likeness (QED) is 0.235. The summed E-state index contributed by atoms with van der Waals surface area (Å²) in [7, 11) is 1.55. The number of benzene rings is 3. The summed E-state index contributed by atoms with van der Waals surface area (Å²) < 4.78 is 11.1. The summed E-state index contributed by atoms with van der Waals surface area (Å²) in [4.78, 5) is 43.7. The van der Waals surface area contributed by atoms with Crippen LogP contribution in [0.4, 0.5) is 10.5 Å². The van der Waals surface area contributed by atoms with E-state index in [4.69, 9.17) is 9.15 Å². The SMILES string of the molecule is COc1ccc(C2C(C(=O)c3cc(C)oc3C)C(c3cccc(C)c3)N(C(=O)Nc3ccccc3)C2(C)C(=O)O)cc1. The van der Waals surface area contributed by atoms with Gasteiger partial charge in [-0.15, -0.1) is 0 Å². The highest BCUT2D eigenvalue weighted by atomic mass is 16.5. The number of para-hydroxylation sites is 1. The fraction of sp³-hybridized carbons (Fsp3) is 0.265. The van der Waals surface area contributed by atoms with Crippen LogP contribution in [0, 0.1) is 26.7 Å². The molecule has 2 heterocycles. The zero-order chi connectivity index (χ0) is 30.2. The number of ketones is 1. The van der Waals surface area contributed by atoms with Gasteiger partial charge in [-0.25, -0.2) is 9.59 Å². The van der Waals surface area contributed by atoms with Crippen LogP contribution in [0.3, 0.4) is 0 Å². The van der Waals surface area contributed by atoms with Crippen molar-refractivity contribution in [2.24, 2.45) is 5.92 Å². The van der Waals surface area contributed by atoms with E-state index in [0.29, 0.717) is 39.6 Å². The van der Waals surface area contributed by atoms with E-state index in [2.05, 4.69) is 5.32 Å². The molecule has 0 saturated carbocycles. The van der Waals surface area contributed by atoms with Crippen molar-refractivity contribution in [3.05, 3.63) is 119 Å². The van der Waals surface area contributed by atoms with Crippen molar-refractivity contribution in [2.45, 2.75) is 45.2 Å². The Kier molecular flexibility index (Phi) is 7.65. The normalized spacial score (nSPS) is 21.6. The van der Waals surface area contributed by atoms with Crippen molar-refractivity contribution >= 4 is 23.5 Å². The first kappa shape index (κ1) is 28.7. The number of likely N-dealkylation sites (tertiary alicyclic amines) is 1. The van der Waals surface area contributed by atoms with E-state index in [9.17, 15) is 19.5 Å². The number of carboxylic acids is 1. The summed E-state index contributed by atoms with van der Waals surface area (Å²) in [5.74, 6) is -1.79. The van der Waals surface area contributed by atoms with Gasteiger partial charge in [0, 0.05) is 11.6 Å². The van der Waals surface area contributed by atoms with Crippen LogP contribution in [0.5, 0.6) is 5.75 Å². The molecule has 4 aromatic rings. The van der Waals surface area contributed by atoms with Crippen LogP contribution in [0.25, 0.3) is 0 Å². The smallest absolute Gasteiger partial charge is 0.330 e. The molecular formula is C34H34N2O6. The van der Waals surface area contributed by atoms with Gasteiger partial charge < -0.3 is 19.6 Å². The maximum atomic E-state index is 14.7. The molecule has 4 atom stereocenters. The first-order valence-corrected chi connectivity index (χ1v) is 13.8. The minimum absolute atomic E-state index is 0.292. The first-order chi connectivity index (χ1) is 20.1. The van der Waals surface area contributed by atoms with Gasteiger partial charge in [-0.05, 0) is 69.2 Å². The molecule has 3 aromatic carbocycles. The number of nitrogens with one attached hydrogen (secondary N) is 1. The summed E-state index contributed by atoms with van der Waals surface area (Å²) in [6.07, 6.45) is 0. The van der Waals surface area contributed by atoms with Gasteiger partial charge in [-0.3, -0.25) is 9.69 Å². The van der Waals surface area contributed by atoms with Gasteiger partial charge in [-0.1, -0.05) is 60.2 Å². The minimum atomic E-state index is -1.82. The Morgan fingerprint density at radius 1 is 0.905 bits per heavy atom. The Morgan fingerprint density at radius 3 is 2.17 bits per heavy atom. The molecule has 4 unspecified atom stereocenters. The molecule has 1 saturated heterocycles. The second kappa shape index (κ2) is 11.2. The number of aliphatic carboxylic acids is 1. The van der Waals surface area contributed by atoms with Gasteiger partial charge in [-0.2, -0.15) is 0 Å². The molecule has 8 nitrogen and oxygen atoms in total. The average molecular weight is 567 g/mol. The third-order valence-electron chi connectivity index (χ3n) is 8.23. The number of ether oxygens (including phenoxy) is 1. The molecule has 2 N–H and O–H groups in total. The Balaban J connectivity index is 1.79.